The molecule has 1 aromatic rings. The third-order valence-electron chi connectivity index (χ3n) is 4.38. The lowest BCUT2D eigenvalue weighted by Gasteiger charge is -2.27. The first kappa shape index (κ1) is 20.7. The van der Waals surface area contributed by atoms with Crippen LogP contribution in [0.4, 0.5) is 0 Å². The van der Waals surface area contributed by atoms with Crippen LogP contribution >= 0.6 is 0 Å². The maximum atomic E-state index is 10.7. The Morgan fingerprint density at radius 3 is 1.88 bits per heavy atom. The third kappa shape index (κ3) is 5.07. The summed E-state index contributed by atoms with van der Waals surface area (Å²) < 4.78 is 0. The van der Waals surface area contributed by atoms with E-state index in [-0.39, 0.29) is 34.6 Å². The summed E-state index contributed by atoms with van der Waals surface area (Å²) >= 11 is 0. The van der Waals surface area contributed by atoms with E-state index in [1.54, 1.807) is 6.21 Å². The van der Waals surface area contributed by atoms with E-state index < -0.39 is 0 Å². The molecule has 0 spiro atoms. The van der Waals surface area contributed by atoms with Crippen molar-refractivity contribution >= 4 is 6.21 Å². The van der Waals surface area contributed by atoms with Crippen LogP contribution in [0.5, 0.6) is 5.75 Å². The van der Waals surface area contributed by atoms with Gasteiger partial charge in [-0.2, -0.15) is 0 Å². The van der Waals surface area contributed by atoms with Crippen molar-refractivity contribution in [3.05, 3.63) is 28.8 Å². The van der Waals surface area contributed by atoms with Crippen LogP contribution in [0.2, 0.25) is 0 Å². The van der Waals surface area contributed by atoms with E-state index in [9.17, 15) is 10.2 Å². The molecule has 1 aromatic carbocycles. The number of phenols is 1. The van der Waals surface area contributed by atoms with Crippen molar-refractivity contribution < 1.29 is 10.2 Å². The first-order chi connectivity index (χ1) is 10.7. The third-order valence-corrected chi connectivity index (χ3v) is 4.38. The van der Waals surface area contributed by atoms with E-state index in [2.05, 4.69) is 73.4 Å². The fraction of sp³-hybridized carbons (Fsp3) is 0.667. The Morgan fingerprint density at radius 1 is 0.958 bits per heavy atom. The van der Waals surface area contributed by atoms with E-state index in [1.165, 1.54) is 5.56 Å². The molecule has 0 fully saturated rings. The smallest absolute Gasteiger partial charge is 0.128 e. The van der Waals surface area contributed by atoms with Gasteiger partial charge >= 0.3 is 0 Å². The molecule has 0 aliphatic heterocycles. The van der Waals surface area contributed by atoms with Gasteiger partial charge < -0.3 is 10.2 Å². The van der Waals surface area contributed by atoms with E-state index in [0.717, 1.165) is 11.1 Å². The molecule has 3 nitrogen and oxygen atoms in total. The van der Waals surface area contributed by atoms with Gasteiger partial charge in [0.2, 0.25) is 0 Å². The summed E-state index contributed by atoms with van der Waals surface area (Å²) in [5.41, 5.74) is 2.51. The van der Waals surface area contributed by atoms with Crippen molar-refractivity contribution in [2.24, 2.45) is 10.4 Å². The topological polar surface area (TPSA) is 52.8 Å². The number of nitrogens with zero attached hydrogens (tertiary/aromatic N) is 1. The molecule has 0 aromatic heterocycles. The van der Waals surface area contributed by atoms with E-state index >= 15 is 0 Å². The predicted octanol–water partition coefficient (Wildman–Crippen LogP) is 4.81. The number of phenolic OH excluding ortho intramolecular Hbond substituents is 1. The fourth-order valence-electron chi connectivity index (χ4n) is 2.47. The average molecular weight is 334 g/mol. The van der Waals surface area contributed by atoms with Gasteiger partial charge in [-0.05, 0) is 27.9 Å². The highest BCUT2D eigenvalue weighted by molar-refractivity contribution is 5.85. The average Bonchev–Trinajstić information content (AvgIpc) is 2.36. The molecule has 1 atom stereocenters. The highest BCUT2D eigenvalue weighted by Crippen LogP contribution is 2.37. The van der Waals surface area contributed by atoms with Crippen molar-refractivity contribution in [1.29, 1.82) is 0 Å². The fourth-order valence-corrected chi connectivity index (χ4v) is 2.47. The predicted molar refractivity (Wildman–Crippen MR) is 103 cm³/mol. The number of aliphatic hydroxyl groups is 1. The number of aliphatic imine (C=N–C) groups is 1. The number of hydrogen-bond acceptors (Lipinski definition) is 3. The van der Waals surface area contributed by atoms with Crippen LogP contribution in [0.25, 0.3) is 0 Å². The van der Waals surface area contributed by atoms with Crippen LogP contribution in [-0.4, -0.2) is 29.1 Å². The van der Waals surface area contributed by atoms with Gasteiger partial charge in [0.15, 0.2) is 0 Å². The normalized spacial score (nSPS) is 15.1. The number of aromatic hydroxyl groups is 1. The number of rotatable bonds is 3. The zero-order valence-electron chi connectivity index (χ0n) is 16.9. The maximum Gasteiger partial charge on any atom is 0.128 e. The van der Waals surface area contributed by atoms with Gasteiger partial charge in [0, 0.05) is 17.3 Å². The second-order valence-corrected chi connectivity index (χ2v) is 9.80. The van der Waals surface area contributed by atoms with E-state index in [0.29, 0.717) is 0 Å². The molecule has 0 radical (unpaired) electrons. The summed E-state index contributed by atoms with van der Waals surface area (Å²) in [5, 5.41) is 20.3. The molecule has 0 aliphatic carbocycles. The van der Waals surface area contributed by atoms with E-state index in [1.807, 2.05) is 6.07 Å². The molecule has 136 valence electrons. The van der Waals surface area contributed by atoms with Gasteiger partial charge in [-0.3, -0.25) is 4.99 Å². The van der Waals surface area contributed by atoms with Crippen LogP contribution in [0.1, 0.15) is 79.0 Å². The molecule has 0 amide bonds. The first-order valence-corrected chi connectivity index (χ1v) is 8.70. The summed E-state index contributed by atoms with van der Waals surface area (Å²) in [6.07, 6.45) is 1.71. The van der Waals surface area contributed by atoms with Crippen molar-refractivity contribution in [2.45, 2.75) is 79.2 Å². The zero-order chi connectivity index (χ0) is 18.9. The van der Waals surface area contributed by atoms with Crippen molar-refractivity contribution in [3.63, 3.8) is 0 Å². The van der Waals surface area contributed by atoms with Crippen LogP contribution in [0.15, 0.2) is 17.1 Å². The number of aliphatic hydroxyl groups excluding tert-OH is 1. The Labute approximate surface area is 147 Å². The minimum Gasteiger partial charge on any atom is -0.507 e. The second kappa shape index (κ2) is 6.87. The Kier molecular flexibility index (Phi) is 5.93. The molecule has 24 heavy (non-hydrogen) atoms. The highest BCUT2D eigenvalue weighted by Gasteiger charge is 2.26. The Bertz CT molecular complexity index is 596. The lowest BCUT2D eigenvalue weighted by Crippen LogP contribution is -2.28. The summed E-state index contributed by atoms with van der Waals surface area (Å²) in [6, 6.07) is 3.90. The van der Waals surface area contributed by atoms with Crippen LogP contribution in [0.3, 0.4) is 0 Å². The molecule has 0 saturated heterocycles. The molecular weight excluding hydrogens is 298 g/mol. The second-order valence-electron chi connectivity index (χ2n) is 9.80. The quantitative estimate of drug-likeness (QED) is 0.780. The monoisotopic (exact) mass is 333 g/mol. The van der Waals surface area contributed by atoms with Gasteiger partial charge in [0.25, 0.3) is 0 Å². The SMILES string of the molecule is CC(C)(C)c1cc(C=N[C@H](CO)C(C)(C)C)c(O)c(C(C)(C)C)c1. The largest absolute Gasteiger partial charge is 0.507 e. The van der Waals surface area contributed by atoms with E-state index in [4.69, 9.17) is 0 Å². The standard InChI is InChI=1S/C21H35NO2/c1-19(2,3)15-10-14(12-22-17(13-23)21(7,8)9)18(24)16(11-15)20(4,5)6/h10-12,17,23-24H,13H2,1-9H3/t17-/m1/s1. The molecule has 0 saturated carbocycles. The number of hydrogen-bond donors (Lipinski definition) is 2. The molecule has 0 bridgehead atoms. The first-order valence-electron chi connectivity index (χ1n) is 8.70. The molecule has 0 heterocycles. The molecule has 0 aliphatic rings. The van der Waals surface area contributed by atoms with Gasteiger partial charge in [0.1, 0.15) is 5.75 Å². The van der Waals surface area contributed by atoms with Gasteiger partial charge in [-0.25, -0.2) is 0 Å². The van der Waals surface area contributed by atoms with Crippen molar-refractivity contribution in [3.8, 4) is 5.75 Å². The molecular formula is C21H35NO2. The Hall–Kier alpha value is -1.35. The molecule has 3 heteroatoms. The highest BCUT2D eigenvalue weighted by atomic mass is 16.3. The lowest BCUT2D eigenvalue weighted by atomic mass is 9.79. The summed E-state index contributed by atoms with van der Waals surface area (Å²) in [5.74, 6) is 0.282. The van der Waals surface area contributed by atoms with Crippen molar-refractivity contribution in [1.82, 2.24) is 0 Å². The summed E-state index contributed by atoms with van der Waals surface area (Å²) in [4.78, 5) is 4.56. The lowest BCUT2D eigenvalue weighted by molar-refractivity contribution is 0.191. The zero-order valence-corrected chi connectivity index (χ0v) is 16.9. The molecule has 2 N–H and O–H groups in total. The maximum absolute atomic E-state index is 10.7. The number of benzene rings is 1. The van der Waals surface area contributed by atoms with Gasteiger partial charge in [-0.15, -0.1) is 0 Å². The molecule has 1 rings (SSSR count). The van der Waals surface area contributed by atoms with Crippen LogP contribution < -0.4 is 0 Å². The minimum absolute atomic E-state index is 0.00808. The summed E-state index contributed by atoms with van der Waals surface area (Å²) in [7, 11) is 0. The van der Waals surface area contributed by atoms with Crippen LogP contribution in [-0.2, 0) is 10.8 Å². The van der Waals surface area contributed by atoms with Crippen LogP contribution in [0, 0.1) is 5.41 Å². The van der Waals surface area contributed by atoms with Crippen molar-refractivity contribution in [2.75, 3.05) is 6.61 Å². The van der Waals surface area contributed by atoms with Gasteiger partial charge in [-0.1, -0.05) is 68.4 Å². The summed E-state index contributed by atoms with van der Waals surface area (Å²) in [6.45, 7) is 18.9. The Morgan fingerprint density at radius 2 is 1.50 bits per heavy atom. The minimum atomic E-state index is -0.201. The van der Waals surface area contributed by atoms with Gasteiger partial charge in [0.05, 0.1) is 12.6 Å². The molecule has 0 unspecified atom stereocenters. The Balaban J connectivity index is 3.47.